The molecule has 0 atom stereocenters. The Labute approximate surface area is 232 Å². The first-order valence-corrected chi connectivity index (χ1v) is 13.4. The van der Waals surface area contributed by atoms with Gasteiger partial charge in [0, 0.05) is 6.42 Å². The van der Waals surface area contributed by atoms with Gasteiger partial charge < -0.3 is 24.1 Å². The SMILES string of the molecule is CC.CC.COc1ccc(C(OCCCOC(=O)CCC(=O)O)(c2ccccc2)c2ccc(OC)cc2)cc1. The van der Waals surface area contributed by atoms with Gasteiger partial charge in [0.1, 0.15) is 17.1 Å². The summed E-state index contributed by atoms with van der Waals surface area (Å²) >= 11 is 0. The quantitative estimate of drug-likeness (QED) is 0.144. The molecule has 0 aliphatic rings. The molecule has 0 spiro atoms. The van der Waals surface area contributed by atoms with Crippen LogP contribution in [0.4, 0.5) is 0 Å². The summed E-state index contributed by atoms with van der Waals surface area (Å²) in [5.74, 6) is -0.0959. The van der Waals surface area contributed by atoms with Crippen molar-refractivity contribution in [3.05, 3.63) is 95.6 Å². The number of carbonyl (C=O) groups is 2. The number of benzene rings is 3. The Hall–Kier alpha value is -3.84. The predicted octanol–water partition coefficient (Wildman–Crippen LogP) is 6.86. The molecular formula is C32H42O7. The standard InChI is InChI=1S/C28H30O7.2C2H6/c1-32-24-13-9-22(10-14-24)28(21-7-4-3-5-8-21,23-11-15-25(33-2)16-12-23)35-20-6-19-34-27(31)18-17-26(29)30;2*1-2/h3-5,7-16H,6,17-20H2,1-2H3,(H,29,30);2*1-2H3. The molecule has 1 N–H and O–H groups in total. The average molecular weight is 539 g/mol. The Morgan fingerprint density at radius 1 is 0.667 bits per heavy atom. The summed E-state index contributed by atoms with van der Waals surface area (Å²) in [5.41, 5.74) is 1.82. The van der Waals surface area contributed by atoms with Crippen LogP contribution in [0.2, 0.25) is 0 Å². The van der Waals surface area contributed by atoms with E-state index in [9.17, 15) is 9.59 Å². The normalized spacial score (nSPS) is 10.2. The summed E-state index contributed by atoms with van der Waals surface area (Å²) < 4.78 is 22.5. The molecule has 3 aromatic carbocycles. The number of methoxy groups -OCH3 is 2. The Morgan fingerprint density at radius 2 is 1.13 bits per heavy atom. The van der Waals surface area contributed by atoms with Gasteiger partial charge in [-0.1, -0.05) is 82.3 Å². The molecule has 0 heterocycles. The third-order valence-corrected chi connectivity index (χ3v) is 5.59. The lowest BCUT2D eigenvalue weighted by atomic mass is 9.80. The molecule has 0 unspecified atom stereocenters. The monoisotopic (exact) mass is 538 g/mol. The molecule has 0 aromatic heterocycles. The van der Waals surface area contributed by atoms with Gasteiger partial charge in [0.2, 0.25) is 0 Å². The van der Waals surface area contributed by atoms with Gasteiger partial charge >= 0.3 is 11.9 Å². The maximum Gasteiger partial charge on any atom is 0.306 e. The second-order valence-electron chi connectivity index (χ2n) is 7.82. The molecule has 0 fully saturated rings. The third-order valence-electron chi connectivity index (χ3n) is 5.59. The summed E-state index contributed by atoms with van der Waals surface area (Å²) in [6, 6.07) is 25.4. The van der Waals surface area contributed by atoms with Crippen molar-refractivity contribution in [2.75, 3.05) is 27.4 Å². The Kier molecular flexibility index (Phi) is 15.7. The van der Waals surface area contributed by atoms with Gasteiger partial charge in [-0.05, 0) is 41.0 Å². The number of rotatable bonds is 13. The van der Waals surface area contributed by atoms with Crippen LogP contribution in [0.5, 0.6) is 11.5 Å². The van der Waals surface area contributed by atoms with Gasteiger partial charge in [-0.2, -0.15) is 0 Å². The van der Waals surface area contributed by atoms with Crippen molar-refractivity contribution in [2.24, 2.45) is 0 Å². The topological polar surface area (TPSA) is 91.3 Å². The van der Waals surface area contributed by atoms with E-state index < -0.39 is 17.5 Å². The minimum absolute atomic E-state index is 0.133. The summed E-state index contributed by atoms with van der Waals surface area (Å²) in [6.07, 6.45) is 0.0446. The van der Waals surface area contributed by atoms with Gasteiger partial charge in [-0.3, -0.25) is 9.59 Å². The van der Waals surface area contributed by atoms with Crippen molar-refractivity contribution in [1.29, 1.82) is 0 Å². The zero-order valence-electron chi connectivity index (χ0n) is 23.9. The molecule has 7 nitrogen and oxygen atoms in total. The lowest BCUT2D eigenvalue weighted by Gasteiger charge is -2.36. The minimum atomic E-state index is -1.03. The van der Waals surface area contributed by atoms with Gasteiger partial charge in [0.05, 0.1) is 40.3 Å². The molecule has 0 aliphatic heterocycles. The smallest absolute Gasteiger partial charge is 0.306 e. The molecule has 0 amide bonds. The maximum absolute atomic E-state index is 11.7. The van der Waals surface area contributed by atoms with E-state index in [1.165, 1.54) is 0 Å². The van der Waals surface area contributed by atoms with Crippen molar-refractivity contribution < 1.29 is 33.6 Å². The summed E-state index contributed by atoms with van der Waals surface area (Å²) in [7, 11) is 3.24. The number of esters is 1. The van der Waals surface area contributed by atoms with Crippen LogP contribution in [0.1, 0.15) is 63.6 Å². The van der Waals surface area contributed by atoms with E-state index in [0.717, 1.165) is 28.2 Å². The third kappa shape index (κ3) is 9.76. The lowest BCUT2D eigenvalue weighted by molar-refractivity contribution is -0.148. The molecule has 0 saturated carbocycles. The zero-order chi connectivity index (χ0) is 29.1. The molecular weight excluding hydrogens is 496 g/mol. The summed E-state index contributed by atoms with van der Waals surface area (Å²) in [4.78, 5) is 22.4. The second-order valence-corrected chi connectivity index (χ2v) is 7.82. The van der Waals surface area contributed by atoms with E-state index >= 15 is 0 Å². The van der Waals surface area contributed by atoms with Gasteiger partial charge in [-0.25, -0.2) is 0 Å². The molecule has 3 aromatic rings. The first-order chi connectivity index (χ1) is 19.0. The van der Waals surface area contributed by atoms with Crippen molar-refractivity contribution >= 4 is 11.9 Å². The minimum Gasteiger partial charge on any atom is -0.497 e. The number of carboxylic acids is 1. The summed E-state index contributed by atoms with van der Waals surface area (Å²) in [6.45, 7) is 8.42. The van der Waals surface area contributed by atoms with Gasteiger partial charge in [0.25, 0.3) is 0 Å². The molecule has 3 rings (SSSR count). The van der Waals surface area contributed by atoms with Crippen LogP contribution in [-0.2, 0) is 24.7 Å². The highest BCUT2D eigenvalue weighted by Crippen LogP contribution is 2.41. The van der Waals surface area contributed by atoms with Crippen LogP contribution in [0.3, 0.4) is 0 Å². The number of hydrogen-bond donors (Lipinski definition) is 1. The molecule has 212 valence electrons. The first-order valence-electron chi connectivity index (χ1n) is 13.4. The summed E-state index contributed by atoms with van der Waals surface area (Å²) in [5, 5.41) is 8.71. The average Bonchev–Trinajstić information content (AvgIpc) is 3.00. The molecule has 0 saturated heterocycles. The Balaban J connectivity index is 0.00000181. The van der Waals surface area contributed by atoms with Crippen molar-refractivity contribution in [2.45, 2.75) is 52.6 Å². The van der Waals surface area contributed by atoms with Crippen LogP contribution in [0.15, 0.2) is 78.9 Å². The largest absolute Gasteiger partial charge is 0.497 e. The van der Waals surface area contributed by atoms with Crippen LogP contribution >= 0.6 is 0 Å². The lowest BCUT2D eigenvalue weighted by Crippen LogP contribution is -2.33. The number of aliphatic carboxylic acids is 1. The highest BCUT2D eigenvalue weighted by atomic mass is 16.5. The number of ether oxygens (including phenoxy) is 4. The number of hydrogen-bond acceptors (Lipinski definition) is 6. The highest BCUT2D eigenvalue weighted by Gasteiger charge is 2.37. The fourth-order valence-electron chi connectivity index (χ4n) is 3.83. The maximum atomic E-state index is 11.7. The zero-order valence-corrected chi connectivity index (χ0v) is 23.9. The van der Waals surface area contributed by atoms with Crippen LogP contribution < -0.4 is 9.47 Å². The van der Waals surface area contributed by atoms with E-state index in [1.807, 2.05) is 107 Å². The van der Waals surface area contributed by atoms with E-state index in [4.69, 9.17) is 24.1 Å². The molecule has 0 bridgehead atoms. The van der Waals surface area contributed by atoms with Crippen LogP contribution in [-0.4, -0.2) is 44.5 Å². The molecule has 7 heteroatoms. The molecule has 0 aliphatic carbocycles. The Morgan fingerprint density at radius 3 is 1.56 bits per heavy atom. The predicted molar refractivity (Wildman–Crippen MR) is 153 cm³/mol. The molecule has 39 heavy (non-hydrogen) atoms. The fourth-order valence-corrected chi connectivity index (χ4v) is 3.83. The van der Waals surface area contributed by atoms with Gasteiger partial charge in [-0.15, -0.1) is 0 Å². The fraction of sp³-hybridized carbons (Fsp3) is 0.375. The Bertz CT molecular complexity index is 1030. The molecule has 0 radical (unpaired) electrons. The number of carbonyl (C=O) groups excluding carboxylic acids is 1. The highest BCUT2D eigenvalue weighted by molar-refractivity contribution is 5.76. The number of carboxylic acid groups (broad SMARTS) is 1. The van der Waals surface area contributed by atoms with Crippen LogP contribution in [0, 0.1) is 0 Å². The van der Waals surface area contributed by atoms with Crippen molar-refractivity contribution in [1.82, 2.24) is 0 Å². The van der Waals surface area contributed by atoms with Crippen molar-refractivity contribution in [3.8, 4) is 11.5 Å². The van der Waals surface area contributed by atoms with E-state index in [1.54, 1.807) is 14.2 Å². The van der Waals surface area contributed by atoms with Crippen molar-refractivity contribution in [3.63, 3.8) is 0 Å². The van der Waals surface area contributed by atoms with E-state index in [2.05, 4.69) is 0 Å². The van der Waals surface area contributed by atoms with E-state index in [-0.39, 0.29) is 19.4 Å². The second kappa shape index (κ2) is 18.4. The first kappa shape index (κ1) is 33.2. The van der Waals surface area contributed by atoms with E-state index in [0.29, 0.717) is 13.0 Å². The van der Waals surface area contributed by atoms with Gasteiger partial charge in [0.15, 0.2) is 0 Å². The van der Waals surface area contributed by atoms with Crippen LogP contribution in [0.25, 0.3) is 0 Å².